The number of benzene rings is 1. The number of rotatable bonds is 5. The Hall–Kier alpha value is -4.14. The van der Waals surface area contributed by atoms with Crippen molar-refractivity contribution in [1.29, 1.82) is 0 Å². The highest BCUT2D eigenvalue weighted by Gasteiger charge is 2.34. The molecule has 0 radical (unpaired) electrons. The summed E-state index contributed by atoms with van der Waals surface area (Å²) in [4.78, 5) is 31.0. The molecule has 1 aliphatic heterocycles. The molecule has 0 N–H and O–H groups in total. The van der Waals surface area contributed by atoms with E-state index < -0.39 is 0 Å². The summed E-state index contributed by atoms with van der Waals surface area (Å²) in [5, 5.41) is 4.18. The van der Waals surface area contributed by atoms with Crippen molar-refractivity contribution in [3.63, 3.8) is 0 Å². The molecule has 0 spiro atoms. The summed E-state index contributed by atoms with van der Waals surface area (Å²) in [6, 6.07) is 9.77. The van der Waals surface area contributed by atoms with Gasteiger partial charge in [0.1, 0.15) is 5.82 Å². The van der Waals surface area contributed by atoms with Crippen molar-refractivity contribution >= 4 is 11.9 Å². The number of carbonyl (C=O) groups excluding carboxylic acids is 1. The van der Waals surface area contributed by atoms with Crippen LogP contribution >= 0.6 is 0 Å². The molecule has 1 atom stereocenters. The third kappa shape index (κ3) is 4.49. The number of aryl methyl sites for hydroxylation is 1. The highest BCUT2D eigenvalue weighted by Crippen LogP contribution is 2.38. The molecule has 0 bridgehead atoms. The van der Waals surface area contributed by atoms with Gasteiger partial charge in [-0.1, -0.05) is 12.1 Å². The van der Waals surface area contributed by atoms with E-state index in [4.69, 9.17) is 4.98 Å². The molecule has 178 valence electrons. The van der Waals surface area contributed by atoms with Crippen molar-refractivity contribution in [2.24, 2.45) is 7.05 Å². The van der Waals surface area contributed by atoms with Crippen molar-refractivity contribution < 1.29 is 9.18 Å². The van der Waals surface area contributed by atoms with Gasteiger partial charge in [-0.15, -0.1) is 0 Å². The number of aromatic nitrogens is 5. The standard InChI is InChI=1S/C26H26FN7O/c1-32(2)26-29-15-21(17-6-4-7-20(27)12-17)24(31-26)23-8-5-11-34(23)25(35)18-9-10-22(28-13-18)19-14-30-33(3)16-19/h4,6-7,9-10,12-16,23H,5,8,11H2,1-3H3/t23-/m0/s1. The van der Waals surface area contributed by atoms with Gasteiger partial charge in [0.2, 0.25) is 5.95 Å². The Labute approximate surface area is 203 Å². The molecular formula is C26H26FN7O. The van der Waals surface area contributed by atoms with Crippen LogP contribution in [0.25, 0.3) is 22.4 Å². The molecule has 9 heteroatoms. The first-order valence-corrected chi connectivity index (χ1v) is 11.5. The smallest absolute Gasteiger partial charge is 0.255 e. The van der Waals surface area contributed by atoms with Crippen LogP contribution in [0.1, 0.15) is 34.9 Å². The SMILES string of the molecule is CN(C)c1ncc(-c2cccc(F)c2)c([C@@H]2CCCN2C(=O)c2ccc(-c3cnn(C)c3)nc2)n1. The molecule has 0 unspecified atom stereocenters. The van der Waals surface area contributed by atoms with Crippen LogP contribution in [0.15, 0.2) is 61.2 Å². The lowest BCUT2D eigenvalue weighted by atomic mass is 9.99. The topological polar surface area (TPSA) is 80.0 Å². The lowest BCUT2D eigenvalue weighted by Crippen LogP contribution is -2.31. The third-order valence-corrected chi connectivity index (χ3v) is 6.18. The van der Waals surface area contributed by atoms with Crippen molar-refractivity contribution in [3.05, 3.63) is 78.3 Å². The van der Waals surface area contributed by atoms with Crippen molar-refractivity contribution in [1.82, 2.24) is 29.6 Å². The fraction of sp³-hybridized carbons (Fsp3) is 0.269. The number of amides is 1. The maximum absolute atomic E-state index is 14.0. The van der Waals surface area contributed by atoms with Crippen molar-refractivity contribution in [2.75, 3.05) is 25.5 Å². The highest BCUT2D eigenvalue weighted by molar-refractivity contribution is 5.94. The number of likely N-dealkylation sites (tertiary alicyclic amines) is 1. The molecule has 1 amide bonds. The summed E-state index contributed by atoms with van der Waals surface area (Å²) in [5.41, 5.74) is 4.30. The number of carbonyl (C=O) groups is 1. The minimum absolute atomic E-state index is 0.104. The first-order valence-electron chi connectivity index (χ1n) is 11.5. The zero-order valence-corrected chi connectivity index (χ0v) is 19.9. The zero-order chi connectivity index (χ0) is 24.5. The molecule has 0 saturated carbocycles. The van der Waals surface area contributed by atoms with Gasteiger partial charge in [-0.25, -0.2) is 14.4 Å². The average Bonchev–Trinajstić information content (AvgIpc) is 3.53. The van der Waals surface area contributed by atoms with Crippen LogP contribution in [0.5, 0.6) is 0 Å². The maximum Gasteiger partial charge on any atom is 0.255 e. The van der Waals surface area contributed by atoms with E-state index in [0.717, 1.165) is 35.4 Å². The predicted molar refractivity (Wildman–Crippen MR) is 131 cm³/mol. The van der Waals surface area contributed by atoms with Crippen LogP contribution in [-0.4, -0.2) is 56.2 Å². The molecule has 8 nitrogen and oxygen atoms in total. The van der Waals surface area contributed by atoms with Gasteiger partial charge in [0.15, 0.2) is 0 Å². The van der Waals surface area contributed by atoms with E-state index in [-0.39, 0.29) is 17.8 Å². The second kappa shape index (κ2) is 9.25. The Bertz CT molecular complexity index is 1370. The first kappa shape index (κ1) is 22.6. The lowest BCUT2D eigenvalue weighted by molar-refractivity contribution is 0.0733. The largest absolute Gasteiger partial charge is 0.347 e. The fourth-order valence-corrected chi connectivity index (χ4v) is 4.44. The van der Waals surface area contributed by atoms with E-state index in [9.17, 15) is 9.18 Å². The second-order valence-corrected chi connectivity index (χ2v) is 8.87. The molecule has 1 aromatic carbocycles. The van der Waals surface area contributed by atoms with Crippen LogP contribution < -0.4 is 4.90 Å². The highest BCUT2D eigenvalue weighted by atomic mass is 19.1. The van der Waals surface area contributed by atoms with Crippen LogP contribution in [0, 0.1) is 5.82 Å². The molecule has 1 fully saturated rings. The average molecular weight is 472 g/mol. The minimum atomic E-state index is -0.329. The Morgan fingerprint density at radius 3 is 2.63 bits per heavy atom. The first-order chi connectivity index (χ1) is 16.9. The number of anilines is 1. The summed E-state index contributed by atoms with van der Waals surface area (Å²) < 4.78 is 15.7. The van der Waals surface area contributed by atoms with E-state index in [2.05, 4.69) is 15.1 Å². The van der Waals surface area contributed by atoms with Gasteiger partial charge < -0.3 is 9.80 Å². The number of nitrogens with zero attached hydrogens (tertiary/aromatic N) is 7. The molecule has 1 saturated heterocycles. The summed E-state index contributed by atoms with van der Waals surface area (Å²) in [6.07, 6.45) is 8.56. The van der Waals surface area contributed by atoms with Crippen molar-refractivity contribution in [2.45, 2.75) is 18.9 Å². The number of halogens is 1. The van der Waals surface area contributed by atoms with Gasteiger partial charge in [-0.2, -0.15) is 5.10 Å². The fourth-order valence-electron chi connectivity index (χ4n) is 4.44. The summed E-state index contributed by atoms with van der Waals surface area (Å²) >= 11 is 0. The van der Waals surface area contributed by atoms with Gasteiger partial charge in [0.25, 0.3) is 5.91 Å². The molecule has 4 heterocycles. The molecule has 1 aliphatic rings. The van der Waals surface area contributed by atoms with E-state index in [0.29, 0.717) is 23.6 Å². The maximum atomic E-state index is 14.0. The van der Waals surface area contributed by atoms with Crippen LogP contribution in [-0.2, 0) is 7.05 Å². The summed E-state index contributed by atoms with van der Waals surface area (Å²) in [6.45, 7) is 0.609. The van der Waals surface area contributed by atoms with Crippen LogP contribution in [0.2, 0.25) is 0 Å². The Morgan fingerprint density at radius 2 is 1.94 bits per heavy atom. The molecule has 5 rings (SSSR count). The Balaban J connectivity index is 1.49. The van der Waals surface area contributed by atoms with Crippen molar-refractivity contribution in [3.8, 4) is 22.4 Å². The van der Waals surface area contributed by atoms with E-state index in [1.54, 1.807) is 35.4 Å². The van der Waals surface area contributed by atoms with E-state index in [1.165, 1.54) is 12.1 Å². The summed E-state index contributed by atoms with van der Waals surface area (Å²) in [7, 11) is 5.59. The molecule has 3 aromatic heterocycles. The third-order valence-electron chi connectivity index (χ3n) is 6.18. The van der Waals surface area contributed by atoms with Crippen LogP contribution in [0.4, 0.5) is 10.3 Å². The Kier molecular flexibility index (Phi) is 5.98. The zero-order valence-electron chi connectivity index (χ0n) is 19.9. The minimum Gasteiger partial charge on any atom is -0.347 e. The number of pyridine rings is 1. The quantitative estimate of drug-likeness (QED) is 0.436. The molecular weight excluding hydrogens is 445 g/mol. The van der Waals surface area contributed by atoms with E-state index in [1.807, 2.05) is 49.3 Å². The van der Waals surface area contributed by atoms with Crippen LogP contribution in [0.3, 0.4) is 0 Å². The molecule has 4 aromatic rings. The molecule has 0 aliphatic carbocycles. The van der Waals surface area contributed by atoms with Gasteiger partial charge in [-0.3, -0.25) is 14.5 Å². The monoisotopic (exact) mass is 471 g/mol. The van der Waals surface area contributed by atoms with Gasteiger partial charge in [0.05, 0.1) is 29.2 Å². The van der Waals surface area contributed by atoms with E-state index >= 15 is 0 Å². The van der Waals surface area contributed by atoms with Gasteiger partial charge >= 0.3 is 0 Å². The summed E-state index contributed by atoms with van der Waals surface area (Å²) in [5.74, 6) is 0.110. The Morgan fingerprint density at radius 1 is 1.09 bits per heavy atom. The lowest BCUT2D eigenvalue weighted by Gasteiger charge is -2.27. The predicted octanol–water partition coefficient (Wildman–Crippen LogP) is 4.12. The second-order valence-electron chi connectivity index (χ2n) is 8.87. The number of hydrogen-bond acceptors (Lipinski definition) is 6. The van der Waals surface area contributed by atoms with Gasteiger partial charge in [0, 0.05) is 57.4 Å². The molecule has 35 heavy (non-hydrogen) atoms. The number of hydrogen-bond donors (Lipinski definition) is 0. The normalized spacial score (nSPS) is 15.4. The van der Waals surface area contributed by atoms with Gasteiger partial charge in [-0.05, 0) is 42.7 Å².